The topological polar surface area (TPSA) is 28.2 Å². The minimum Gasteiger partial charge on any atom is -0.367 e. The molecule has 0 aromatic carbocycles. The second-order valence-corrected chi connectivity index (χ2v) is 5.56. The fourth-order valence-corrected chi connectivity index (χ4v) is 2.94. The van der Waals surface area contributed by atoms with Gasteiger partial charge in [0, 0.05) is 31.4 Å². The van der Waals surface area contributed by atoms with Gasteiger partial charge in [-0.3, -0.25) is 4.98 Å². The maximum absolute atomic E-state index is 4.33. The maximum Gasteiger partial charge on any atom is 0.0600 e. The van der Waals surface area contributed by atoms with Crippen LogP contribution in [0.1, 0.15) is 44.6 Å². The maximum atomic E-state index is 4.33. The van der Waals surface area contributed by atoms with E-state index in [4.69, 9.17) is 0 Å². The standard InChI is InChI=1S/C15H23N3/c1-2-14-4-3-9-18(14)15-11-16-8-7-12(15)10-17-13-5-6-13/h7-8,11,13-14,17H,2-6,9-10H2,1H3. The number of rotatable bonds is 5. The van der Waals surface area contributed by atoms with E-state index in [-0.39, 0.29) is 0 Å². The van der Waals surface area contributed by atoms with Crippen molar-refractivity contribution >= 4 is 5.69 Å². The summed E-state index contributed by atoms with van der Waals surface area (Å²) in [7, 11) is 0. The third-order valence-corrected chi connectivity index (χ3v) is 4.20. The monoisotopic (exact) mass is 245 g/mol. The first-order valence-electron chi connectivity index (χ1n) is 7.31. The van der Waals surface area contributed by atoms with E-state index in [9.17, 15) is 0 Å². The molecule has 3 nitrogen and oxygen atoms in total. The lowest BCUT2D eigenvalue weighted by molar-refractivity contribution is 0.636. The normalized spacial score (nSPS) is 23.6. The van der Waals surface area contributed by atoms with Gasteiger partial charge in [0.1, 0.15) is 0 Å². The molecule has 2 heterocycles. The van der Waals surface area contributed by atoms with Crippen LogP contribution in [-0.4, -0.2) is 23.6 Å². The average molecular weight is 245 g/mol. The van der Waals surface area contributed by atoms with E-state index in [0.29, 0.717) is 6.04 Å². The summed E-state index contributed by atoms with van der Waals surface area (Å²) in [5.41, 5.74) is 2.77. The summed E-state index contributed by atoms with van der Waals surface area (Å²) in [6, 6.07) is 3.66. The molecule has 1 saturated carbocycles. The fourth-order valence-electron chi connectivity index (χ4n) is 2.94. The van der Waals surface area contributed by atoms with Crippen molar-refractivity contribution in [2.45, 2.75) is 57.7 Å². The van der Waals surface area contributed by atoms with Crippen LogP contribution in [0.15, 0.2) is 18.5 Å². The van der Waals surface area contributed by atoms with Crippen LogP contribution in [0.5, 0.6) is 0 Å². The van der Waals surface area contributed by atoms with E-state index in [1.807, 2.05) is 6.20 Å². The Morgan fingerprint density at radius 2 is 2.28 bits per heavy atom. The van der Waals surface area contributed by atoms with E-state index in [1.165, 1.54) is 49.9 Å². The molecular formula is C15H23N3. The van der Waals surface area contributed by atoms with Crippen molar-refractivity contribution in [3.8, 4) is 0 Å². The van der Waals surface area contributed by atoms with Gasteiger partial charge in [0.05, 0.1) is 11.9 Å². The Bertz CT molecular complexity index is 400. The Kier molecular flexibility index (Phi) is 3.50. The number of nitrogens with zero attached hydrogens (tertiary/aromatic N) is 2. The highest BCUT2D eigenvalue weighted by atomic mass is 15.2. The van der Waals surface area contributed by atoms with Crippen LogP contribution in [0, 0.1) is 0 Å². The lowest BCUT2D eigenvalue weighted by Crippen LogP contribution is -2.30. The van der Waals surface area contributed by atoms with Gasteiger partial charge in [0.25, 0.3) is 0 Å². The minimum atomic E-state index is 0.717. The van der Waals surface area contributed by atoms with Gasteiger partial charge in [0.15, 0.2) is 0 Å². The molecule has 1 aliphatic heterocycles. The summed E-state index contributed by atoms with van der Waals surface area (Å²) in [6.45, 7) is 4.48. The number of aromatic nitrogens is 1. The summed E-state index contributed by atoms with van der Waals surface area (Å²) in [4.78, 5) is 6.90. The van der Waals surface area contributed by atoms with Crippen LogP contribution in [-0.2, 0) is 6.54 Å². The molecule has 1 unspecified atom stereocenters. The number of nitrogens with one attached hydrogen (secondary N) is 1. The molecule has 0 bridgehead atoms. The first kappa shape index (κ1) is 12.0. The number of pyridine rings is 1. The van der Waals surface area contributed by atoms with Gasteiger partial charge in [0.2, 0.25) is 0 Å². The molecule has 98 valence electrons. The highest BCUT2D eigenvalue weighted by molar-refractivity contribution is 5.53. The third-order valence-electron chi connectivity index (χ3n) is 4.20. The van der Waals surface area contributed by atoms with Crippen molar-refractivity contribution in [1.82, 2.24) is 10.3 Å². The molecular weight excluding hydrogens is 222 g/mol. The van der Waals surface area contributed by atoms with Crippen molar-refractivity contribution in [2.24, 2.45) is 0 Å². The van der Waals surface area contributed by atoms with Crippen LogP contribution in [0.25, 0.3) is 0 Å². The fraction of sp³-hybridized carbons (Fsp3) is 0.667. The number of hydrogen-bond acceptors (Lipinski definition) is 3. The summed E-state index contributed by atoms with van der Waals surface area (Å²) < 4.78 is 0. The van der Waals surface area contributed by atoms with Gasteiger partial charge in [-0.1, -0.05) is 6.92 Å². The molecule has 3 heteroatoms. The largest absolute Gasteiger partial charge is 0.367 e. The molecule has 18 heavy (non-hydrogen) atoms. The molecule has 3 rings (SSSR count). The lowest BCUT2D eigenvalue weighted by Gasteiger charge is -2.27. The molecule has 2 aliphatic rings. The quantitative estimate of drug-likeness (QED) is 0.864. The molecule has 0 spiro atoms. The zero-order chi connectivity index (χ0) is 12.4. The van der Waals surface area contributed by atoms with E-state index < -0.39 is 0 Å². The molecule has 1 N–H and O–H groups in total. The average Bonchev–Trinajstić information content (AvgIpc) is 3.12. The second-order valence-electron chi connectivity index (χ2n) is 5.56. The van der Waals surface area contributed by atoms with Crippen LogP contribution in [0.4, 0.5) is 5.69 Å². The van der Waals surface area contributed by atoms with Crippen LogP contribution in [0.2, 0.25) is 0 Å². The van der Waals surface area contributed by atoms with Gasteiger partial charge in [-0.2, -0.15) is 0 Å². The SMILES string of the molecule is CCC1CCCN1c1cnccc1CNC1CC1. The molecule has 1 atom stereocenters. The van der Waals surface area contributed by atoms with Crippen molar-refractivity contribution < 1.29 is 0 Å². The van der Waals surface area contributed by atoms with E-state index >= 15 is 0 Å². The van der Waals surface area contributed by atoms with Crippen LogP contribution in [0.3, 0.4) is 0 Å². The number of hydrogen-bond donors (Lipinski definition) is 1. The Hall–Kier alpha value is -1.09. The summed E-state index contributed by atoms with van der Waals surface area (Å²) >= 11 is 0. The van der Waals surface area contributed by atoms with Gasteiger partial charge in [-0.05, 0) is 43.7 Å². The van der Waals surface area contributed by atoms with Crippen molar-refractivity contribution in [3.05, 3.63) is 24.0 Å². The summed E-state index contributed by atoms with van der Waals surface area (Å²) in [5.74, 6) is 0. The van der Waals surface area contributed by atoms with E-state index in [2.05, 4.69) is 34.4 Å². The Morgan fingerprint density at radius 1 is 1.39 bits per heavy atom. The van der Waals surface area contributed by atoms with E-state index in [0.717, 1.165) is 12.6 Å². The lowest BCUT2D eigenvalue weighted by atomic mass is 10.1. The molecule has 1 aromatic heterocycles. The first-order valence-corrected chi connectivity index (χ1v) is 7.31. The van der Waals surface area contributed by atoms with Crippen LogP contribution >= 0.6 is 0 Å². The van der Waals surface area contributed by atoms with Crippen LogP contribution < -0.4 is 10.2 Å². The molecule has 2 fully saturated rings. The van der Waals surface area contributed by atoms with Gasteiger partial charge >= 0.3 is 0 Å². The highest BCUT2D eigenvalue weighted by Gasteiger charge is 2.26. The summed E-state index contributed by atoms with van der Waals surface area (Å²) in [6.07, 6.45) is 10.6. The Morgan fingerprint density at radius 3 is 3.06 bits per heavy atom. The smallest absolute Gasteiger partial charge is 0.0600 e. The van der Waals surface area contributed by atoms with Crippen molar-refractivity contribution in [2.75, 3.05) is 11.4 Å². The minimum absolute atomic E-state index is 0.717. The number of anilines is 1. The molecule has 1 aromatic rings. The zero-order valence-electron chi connectivity index (χ0n) is 11.2. The van der Waals surface area contributed by atoms with E-state index in [1.54, 1.807) is 0 Å². The van der Waals surface area contributed by atoms with Gasteiger partial charge in [-0.25, -0.2) is 0 Å². The third kappa shape index (κ3) is 2.51. The molecule has 0 amide bonds. The van der Waals surface area contributed by atoms with Gasteiger partial charge in [-0.15, -0.1) is 0 Å². The molecule has 1 aliphatic carbocycles. The molecule has 0 radical (unpaired) electrons. The second kappa shape index (κ2) is 5.27. The first-order chi connectivity index (χ1) is 8.88. The Balaban J connectivity index is 1.76. The van der Waals surface area contributed by atoms with Crippen molar-refractivity contribution in [1.29, 1.82) is 0 Å². The Labute approximate surface area is 110 Å². The highest BCUT2D eigenvalue weighted by Crippen LogP contribution is 2.30. The molecule has 1 saturated heterocycles. The zero-order valence-corrected chi connectivity index (χ0v) is 11.2. The van der Waals surface area contributed by atoms with Crippen molar-refractivity contribution in [3.63, 3.8) is 0 Å². The predicted molar refractivity (Wildman–Crippen MR) is 74.8 cm³/mol. The van der Waals surface area contributed by atoms with Gasteiger partial charge < -0.3 is 10.2 Å². The predicted octanol–water partition coefficient (Wildman–Crippen LogP) is 2.71. The summed E-state index contributed by atoms with van der Waals surface area (Å²) in [5, 5.41) is 3.62.